The summed E-state index contributed by atoms with van der Waals surface area (Å²) in [5.74, 6) is 0.825. The summed E-state index contributed by atoms with van der Waals surface area (Å²) in [5, 5.41) is 8.42. The van der Waals surface area contributed by atoms with Gasteiger partial charge in [-0.05, 0) is 31.9 Å². The number of nitrogens with two attached hydrogens (primary N) is 1. The molecular formula is C13H17BrN2O. The third-order valence-corrected chi connectivity index (χ3v) is 2.90. The summed E-state index contributed by atoms with van der Waals surface area (Å²) >= 11 is 3.42. The molecule has 1 aromatic carbocycles. The zero-order valence-electron chi connectivity index (χ0n) is 9.95. The molecule has 1 aromatic rings. The van der Waals surface area contributed by atoms with Crippen molar-refractivity contribution in [2.24, 2.45) is 5.73 Å². The Balaban J connectivity index is 2.57. The number of rotatable bonds is 6. The van der Waals surface area contributed by atoms with Gasteiger partial charge >= 0.3 is 0 Å². The molecule has 1 rings (SSSR count). The maximum atomic E-state index is 8.42. The van der Waals surface area contributed by atoms with Crippen LogP contribution in [0.5, 0.6) is 5.75 Å². The van der Waals surface area contributed by atoms with E-state index in [1.165, 1.54) is 0 Å². The minimum Gasteiger partial charge on any atom is -0.493 e. The summed E-state index contributed by atoms with van der Waals surface area (Å²) in [4.78, 5) is 0. The largest absolute Gasteiger partial charge is 0.493 e. The summed E-state index contributed by atoms with van der Waals surface area (Å²) in [7, 11) is 0. The van der Waals surface area contributed by atoms with Crippen molar-refractivity contribution in [1.82, 2.24) is 0 Å². The highest BCUT2D eigenvalue weighted by molar-refractivity contribution is 9.10. The summed E-state index contributed by atoms with van der Waals surface area (Å²) < 4.78 is 6.69. The van der Waals surface area contributed by atoms with E-state index in [9.17, 15) is 0 Å². The zero-order valence-corrected chi connectivity index (χ0v) is 11.5. The Kier molecular flexibility index (Phi) is 6.03. The number of nitrogens with zero attached hydrogens (tertiary/aromatic N) is 1. The van der Waals surface area contributed by atoms with Crippen molar-refractivity contribution in [1.29, 1.82) is 5.26 Å². The van der Waals surface area contributed by atoms with Crippen LogP contribution in [0.3, 0.4) is 0 Å². The first-order chi connectivity index (χ1) is 8.15. The van der Waals surface area contributed by atoms with Crippen molar-refractivity contribution in [3.63, 3.8) is 0 Å². The zero-order chi connectivity index (χ0) is 12.7. The van der Waals surface area contributed by atoms with Gasteiger partial charge in [0.15, 0.2) is 0 Å². The SMILES string of the molecule is C[C@H](N)c1ccc(Br)cc1OCCCCC#N. The lowest BCUT2D eigenvalue weighted by atomic mass is 10.1. The fraction of sp³-hybridized carbons (Fsp3) is 0.462. The lowest BCUT2D eigenvalue weighted by Gasteiger charge is -2.14. The molecular weight excluding hydrogens is 280 g/mol. The Labute approximate surface area is 111 Å². The van der Waals surface area contributed by atoms with Crippen LogP contribution in [-0.2, 0) is 0 Å². The Hall–Kier alpha value is -1.05. The monoisotopic (exact) mass is 296 g/mol. The highest BCUT2D eigenvalue weighted by atomic mass is 79.9. The van der Waals surface area contributed by atoms with Gasteiger partial charge in [-0.15, -0.1) is 0 Å². The van der Waals surface area contributed by atoms with Crippen LogP contribution in [0.4, 0.5) is 0 Å². The second kappa shape index (κ2) is 7.31. The Morgan fingerprint density at radius 2 is 2.24 bits per heavy atom. The summed E-state index contributed by atoms with van der Waals surface area (Å²) in [6, 6.07) is 7.94. The van der Waals surface area contributed by atoms with Gasteiger partial charge < -0.3 is 10.5 Å². The van der Waals surface area contributed by atoms with E-state index in [1.54, 1.807) is 0 Å². The first kappa shape index (κ1) is 14.0. The fourth-order valence-corrected chi connectivity index (χ4v) is 1.84. The molecule has 0 radical (unpaired) electrons. The van der Waals surface area contributed by atoms with Crippen molar-refractivity contribution < 1.29 is 4.74 Å². The number of halogens is 1. The van der Waals surface area contributed by atoms with Gasteiger partial charge in [0.05, 0.1) is 12.7 Å². The van der Waals surface area contributed by atoms with Gasteiger partial charge in [-0.1, -0.05) is 22.0 Å². The van der Waals surface area contributed by atoms with Crippen molar-refractivity contribution in [2.75, 3.05) is 6.61 Å². The molecule has 0 aromatic heterocycles. The number of hydrogen-bond acceptors (Lipinski definition) is 3. The number of nitriles is 1. The maximum Gasteiger partial charge on any atom is 0.125 e. The average molecular weight is 297 g/mol. The number of benzene rings is 1. The molecule has 0 fully saturated rings. The molecule has 0 amide bonds. The Bertz CT molecular complexity index is 399. The lowest BCUT2D eigenvalue weighted by molar-refractivity contribution is 0.303. The van der Waals surface area contributed by atoms with Crippen LogP contribution < -0.4 is 10.5 Å². The third-order valence-electron chi connectivity index (χ3n) is 2.41. The minimum atomic E-state index is -0.0443. The normalized spacial score (nSPS) is 11.9. The van der Waals surface area contributed by atoms with Gasteiger partial charge in [0.1, 0.15) is 5.75 Å². The average Bonchev–Trinajstić information content (AvgIpc) is 2.28. The predicted molar refractivity (Wildman–Crippen MR) is 71.7 cm³/mol. The van der Waals surface area contributed by atoms with E-state index in [-0.39, 0.29) is 6.04 Å². The van der Waals surface area contributed by atoms with Crippen LogP contribution in [0.25, 0.3) is 0 Å². The van der Waals surface area contributed by atoms with Gasteiger partial charge in [-0.2, -0.15) is 5.26 Å². The number of hydrogen-bond donors (Lipinski definition) is 1. The topological polar surface area (TPSA) is 59.0 Å². The van der Waals surface area contributed by atoms with E-state index in [0.717, 1.165) is 28.6 Å². The molecule has 3 nitrogen and oxygen atoms in total. The van der Waals surface area contributed by atoms with E-state index < -0.39 is 0 Å². The smallest absolute Gasteiger partial charge is 0.125 e. The molecule has 0 aliphatic carbocycles. The van der Waals surface area contributed by atoms with Crippen LogP contribution >= 0.6 is 15.9 Å². The molecule has 0 spiro atoms. The van der Waals surface area contributed by atoms with E-state index in [2.05, 4.69) is 22.0 Å². The van der Waals surface area contributed by atoms with Crippen molar-refractivity contribution in [2.45, 2.75) is 32.2 Å². The van der Waals surface area contributed by atoms with E-state index in [0.29, 0.717) is 13.0 Å². The van der Waals surface area contributed by atoms with Crippen LogP contribution in [0, 0.1) is 11.3 Å². The first-order valence-corrected chi connectivity index (χ1v) is 6.49. The molecule has 2 N–H and O–H groups in total. The standard InChI is InChI=1S/C13H17BrN2O/c1-10(16)12-6-5-11(14)9-13(12)17-8-4-2-3-7-15/h5-6,9-10H,2-4,8,16H2,1H3/t10-/m0/s1. The van der Waals surface area contributed by atoms with Crippen molar-refractivity contribution in [3.05, 3.63) is 28.2 Å². The van der Waals surface area contributed by atoms with Gasteiger partial charge in [0.2, 0.25) is 0 Å². The molecule has 1 atom stereocenters. The predicted octanol–water partition coefficient (Wildman–Crippen LogP) is 3.54. The quantitative estimate of drug-likeness (QED) is 0.817. The highest BCUT2D eigenvalue weighted by Gasteiger charge is 2.08. The van der Waals surface area contributed by atoms with Crippen LogP contribution in [-0.4, -0.2) is 6.61 Å². The number of unbranched alkanes of at least 4 members (excludes halogenated alkanes) is 2. The third kappa shape index (κ3) is 4.76. The minimum absolute atomic E-state index is 0.0443. The van der Waals surface area contributed by atoms with Crippen molar-refractivity contribution >= 4 is 15.9 Å². The molecule has 92 valence electrons. The van der Waals surface area contributed by atoms with Crippen LogP contribution in [0.2, 0.25) is 0 Å². The van der Waals surface area contributed by atoms with Crippen molar-refractivity contribution in [3.8, 4) is 11.8 Å². The molecule has 0 aliphatic heterocycles. The second-order valence-corrected chi connectivity index (χ2v) is 4.85. The molecule has 0 saturated carbocycles. The van der Waals surface area contributed by atoms with Gasteiger partial charge in [0.25, 0.3) is 0 Å². The van der Waals surface area contributed by atoms with E-state index in [1.807, 2.05) is 25.1 Å². The van der Waals surface area contributed by atoms with E-state index in [4.69, 9.17) is 15.7 Å². The van der Waals surface area contributed by atoms with Crippen LogP contribution in [0.15, 0.2) is 22.7 Å². The lowest BCUT2D eigenvalue weighted by Crippen LogP contribution is -2.08. The van der Waals surface area contributed by atoms with Crippen LogP contribution in [0.1, 0.15) is 37.8 Å². The molecule has 0 aliphatic rings. The first-order valence-electron chi connectivity index (χ1n) is 5.70. The van der Waals surface area contributed by atoms with Gasteiger partial charge in [-0.25, -0.2) is 0 Å². The van der Waals surface area contributed by atoms with E-state index >= 15 is 0 Å². The second-order valence-electron chi connectivity index (χ2n) is 3.93. The summed E-state index contributed by atoms with van der Waals surface area (Å²) in [5.41, 5.74) is 6.89. The maximum absolute atomic E-state index is 8.42. The summed E-state index contributed by atoms with van der Waals surface area (Å²) in [6.45, 7) is 2.56. The molecule has 0 bridgehead atoms. The molecule has 4 heteroatoms. The van der Waals surface area contributed by atoms with Gasteiger partial charge in [0, 0.05) is 22.5 Å². The Morgan fingerprint density at radius 3 is 2.88 bits per heavy atom. The molecule has 0 heterocycles. The molecule has 0 unspecified atom stereocenters. The molecule has 17 heavy (non-hydrogen) atoms. The molecule has 0 saturated heterocycles. The van der Waals surface area contributed by atoms with Gasteiger partial charge in [-0.3, -0.25) is 0 Å². The fourth-order valence-electron chi connectivity index (χ4n) is 1.50. The number of ether oxygens (including phenoxy) is 1. The highest BCUT2D eigenvalue weighted by Crippen LogP contribution is 2.27. The summed E-state index contributed by atoms with van der Waals surface area (Å²) in [6.07, 6.45) is 2.35. The Morgan fingerprint density at radius 1 is 1.47 bits per heavy atom.